The summed E-state index contributed by atoms with van der Waals surface area (Å²) in [4.78, 5) is 17.1. The van der Waals surface area contributed by atoms with E-state index in [9.17, 15) is 10.1 Å². The van der Waals surface area contributed by atoms with Gasteiger partial charge in [0.05, 0.1) is 11.1 Å². The number of fused-ring (bicyclic) bond motifs is 3. The van der Waals surface area contributed by atoms with E-state index in [4.69, 9.17) is 4.74 Å². The quantitative estimate of drug-likeness (QED) is 0.629. The van der Waals surface area contributed by atoms with E-state index in [1.165, 1.54) is 50.0 Å². The number of aromatic nitrogens is 1. The van der Waals surface area contributed by atoms with Crippen molar-refractivity contribution in [1.82, 2.24) is 9.88 Å². The van der Waals surface area contributed by atoms with Gasteiger partial charge in [0.15, 0.2) is 0 Å². The molecular formula is C18H19N3O3. The normalized spacial score (nSPS) is 25.4. The molecule has 0 aliphatic carbocycles. The fraction of sp³-hybridized carbons (Fsp3) is 0.389. The summed E-state index contributed by atoms with van der Waals surface area (Å²) < 4.78 is 5.82. The average molecular weight is 325 g/mol. The Kier molecular flexibility index (Phi) is 3.90. The van der Waals surface area contributed by atoms with Crippen LogP contribution in [0, 0.1) is 16.0 Å². The number of rotatable bonds is 4. The molecule has 2 bridgehead atoms. The van der Waals surface area contributed by atoms with Gasteiger partial charge in [-0.3, -0.25) is 20.0 Å². The van der Waals surface area contributed by atoms with Crippen LogP contribution in [-0.2, 0) is 0 Å². The molecule has 1 unspecified atom stereocenters. The van der Waals surface area contributed by atoms with Crippen LogP contribution in [-0.4, -0.2) is 27.9 Å². The Bertz CT molecular complexity index is 739. The summed E-state index contributed by atoms with van der Waals surface area (Å²) in [5, 5.41) is 10.7. The zero-order valence-corrected chi connectivity index (χ0v) is 13.3. The zero-order valence-electron chi connectivity index (χ0n) is 13.3. The predicted octanol–water partition coefficient (Wildman–Crippen LogP) is 3.94. The van der Waals surface area contributed by atoms with E-state index >= 15 is 0 Å². The molecule has 0 radical (unpaired) electrons. The molecular weight excluding hydrogens is 306 g/mol. The van der Waals surface area contributed by atoms with Crippen LogP contribution in [0.5, 0.6) is 11.5 Å². The predicted molar refractivity (Wildman–Crippen MR) is 89.1 cm³/mol. The molecule has 0 amide bonds. The molecule has 2 aromatic rings. The van der Waals surface area contributed by atoms with Gasteiger partial charge < -0.3 is 4.74 Å². The van der Waals surface area contributed by atoms with E-state index in [1.54, 1.807) is 18.3 Å². The third-order valence-electron chi connectivity index (χ3n) is 5.05. The van der Waals surface area contributed by atoms with E-state index in [2.05, 4.69) is 9.88 Å². The van der Waals surface area contributed by atoms with Crippen molar-refractivity contribution in [3.63, 3.8) is 0 Å². The molecule has 24 heavy (non-hydrogen) atoms. The molecule has 1 atom stereocenters. The van der Waals surface area contributed by atoms with Crippen LogP contribution in [0.2, 0.25) is 0 Å². The van der Waals surface area contributed by atoms with Gasteiger partial charge in [-0.05, 0) is 62.0 Å². The highest BCUT2D eigenvalue weighted by atomic mass is 16.6. The lowest BCUT2D eigenvalue weighted by molar-refractivity contribution is -0.384. The monoisotopic (exact) mass is 325 g/mol. The topological polar surface area (TPSA) is 68.5 Å². The number of piperidine rings is 3. The second-order valence-electron chi connectivity index (χ2n) is 6.54. The summed E-state index contributed by atoms with van der Waals surface area (Å²) in [6, 6.07) is 8.58. The smallest absolute Gasteiger partial charge is 0.269 e. The summed E-state index contributed by atoms with van der Waals surface area (Å²) in [5.41, 5.74) is 1.25. The molecule has 5 rings (SSSR count). The van der Waals surface area contributed by atoms with E-state index < -0.39 is 4.92 Å². The maximum Gasteiger partial charge on any atom is 0.269 e. The summed E-state index contributed by atoms with van der Waals surface area (Å²) in [7, 11) is 0. The Morgan fingerprint density at radius 1 is 1.12 bits per heavy atom. The maximum absolute atomic E-state index is 10.7. The van der Waals surface area contributed by atoms with Crippen molar-refractivity contribution in [3.8, 4) is 11.5 Å². The average Bonchev–Trinajstić information content (AvgIpc) is 2.63. The standard InChI is InChI=1S/C18H19N3O3/c22-21(23)15-1-3-16(4-2-15)24-17-10-14(11-19-12-17)18-9-13-5-7-20(18)8-6-13/h1-4,10-13,18H,5-9H2. The van der Waals surface area contributed by atoms with Crippen molar-refractivity contribution >= 4 is 5.69 Å². The fourth-order valence-electron chi connectivity index (χ4n) is 3.76. The summed E-state index contributed by atoms with van der Waals surface area (Å²) in [6.07, 6.45) is 7.42. The van der Waals surface area contributed by atoms with Crippen molar-refractivity contribution < 1.29 is 9.66 Å². The van der Waals surface area contributed by atoms with Crippen molar-refractivity contribution in [2.45, 2.75) is 25.3 Å². The highest BCUT2D eigenvalue weighted by Gasteiger charge is 2.34. The minimum Gasteiger partial charge on any atom is -0.456 e. The van der Waals surface area contributed by atoms with Gasteiger partial charge >= 0.3 is 0 Å². The van der Waals surface area contributed by atoms with Crippen LogP contribution >= 0.6 is 0 Å². The number of benzene rings is 1. The fourth-order valence-corrected chi connectivity index (χ4v) is 3.76. The Labute approximate surface area is 140 Å². The maximum atomic E-state index is 10.7. The first kappa shape index (κ1) is 15.1. The third kappa shape index (κ3) is 2.97. The van der Waals surface area contributed by atoms with Gasteiger partial charge in [-0.2, -0.15) is 0 Å². The highest BCUT2D eigenvalue weighted by Crippen LogP contribution is 2.41. The molecule has 3 aliphatic rings. The van der Waals surface area contributed by atoms with Crippen LogP contribution in [0.3, 0.4) is 0 Å². The number of non-ortho nitro benzene ring substituents is 1. The van der Waals surface area contributed by atoms with Gasteiger partial charge in [0, 0.05) is 24.4 Å². The van der Waals surface area contributed by atoms with Gasteiger partial charge in [0.25, 0.3) is 5.69 Å². The molecule has 0 spiro atoms. The van der Waals surface area contributed by atoms with Gasteiger partial charge in [0.1, 0.15) is 11.5 Å². The van der Waals surface area contributed by atoms with Crippen molar-refractivity contribution in [2.24, 2.45) is 5.92 Å². The SMILES string of the molecule is O=[N+]([O-])c1ccc(Oc2cncc(C3CC4CCN3CC4)c2)cc1. The van der Waals surface area contributed by atoms with Gasteiger partial charge in [0.2, 0.25) is 0 Å². The van der Waals surface area contributed by atoms with Crippen molar-refractivity contribution in [1.29, 1.82) is 0 Å². The first-order chi connectivity index (χ1) is 11.7. The number of hydrogen-bond acceptors (Lipinski definition) is 5. The second-order valence-corrected chi connectivity index (χ2v) is 6.54. The molecule has 3 fully saturated rings. The molecule has 1 aromatic carbocycles. The number of nitrogens with zero attached hydrogens (tertiary/aromatic N) is 3. The number of nitro benzene ring substituents is 1. The molecule has 6 heteroatoms. The Balaban J connectivity index is 1.51. The van der Waals surface area contributed by atoms with E-state index in [1.807, 2.05) is 12.3 Å². The molecule has 0 N–H and O–H groups in total. The lowest BCUT2D eigenvalue weighted by Gasteiger charge is -2.45. The van der Waals surface area contributed by atoms with Crippen LogP contribution in [0.15, 0.2) is 42.7 Å². The Hall–Kier alpha value is -2.47. The number of hydrogen-bond donors (Lipinski definition) is 0. The van der Waals surface area contributed by atoms with Gasteiger partial charge in [-0.1, -0.05) is 0 Å². The molecule has 1 aromatic heterocycles. The summed E-state index contributed by atoms with van der Waals surface area (Å²) >= 11 is 0. The van der Waals surface area contributed by atoms with E-state index in [-0.39, 0.29) is 5.69 Å². The minimum absolute atomic E-state index is 0.0558. The van der Waals surface area contributed by atoms with E-state index in [0.717, 1.165) is 5.92 Å². The highest BCUT2D eigenvalue weighted by molar-refractivity contribution is 5.39. The van der Waals surface area contributed by atoms with Gasteiger partial charge in [-0.15, -0.1) is 0 Å². The van der Waals surface area contributed by atoms with Crippen LogP contribution in [0.1, 0.15) is 30.9 Å². The number of ether oxygens (including phenoxy) is 1. The van der Waals surface area contributed by atoms with Crippen LogP contribution in [0.4, 0.5) is 5.69 Å². The lowest BCUT2D eigenvalue weighted by Crippen LogP contribution is -2.43. The largest absolute Gasteiger partial charge is 0.456 e. The lowest BCUT2D eigenvalue weighted by atomic mass is 9.81. The molecule has 6 nitrogen and oxygen atoms in total. The minimum atomic E-state index is -0.418. The van der Waals surface area contributed by atoms with Crippen molar-refractivity contribution in [3.05, 3.63) is 58.4 Å². The molecule has 3 aliphatic heterocycles. The third-order valence-corrected chi connectivity index (χ3v) is 5.05. The second kappa shape index (κ2) is 6.20. The Morgan fingerprint density at radius 3 is 2.50 bits per heavy atom. The van der Waals surface area contributed by atoms with Crippen LogP contribution < -0.4 is 4.74 Å². The Morgan fingerprint density at radius 2 is 1.88 bits per heavy atom. The molecule has 4 heterocycles. The first-order valence-corrected chi connectivity index (χ1v) is 8.30. The molecule has 0 saturated carbocycles. The summed E-state index contributed by atoms with van der Waals surface area (Å²) in [5.74, 6) is 2.08. The zero-order chi connectivity index (χ0) is 16.5. The first-order valence-electron chi connectivity index (χ1n) is 8.30. The number of pyridine rings is 1. The summed E-state index contributed by atoms with van der Waals surface area (Å²) in [6.45, 7) is 2.34. The van der Waals surface area contributed by atoms with Crippen molar-refractivity contribution in [2.75, 3.05) is 13.1 Å². The molecule has 124 valence electrons. The van der Waals surface area contributed by atoms with E-state index in [0.29, 0.717) is 17.5 Å². The molecule has 3 saturated heterocycles. The number of nitro groups is 1. The van der Waals surface area contributed by atoms with Crippen LogP contribution in [0.25, 0.3) is 0 Å². The van der Waals surface area contributed by atoms with Gasteiger partial charge in [-0.25, -0.2) is 0 Å².